The number of rotatable bonds is 8. The molecule has 4 rings (SSSR count). The zero-order chi connectivity index (χ0) is 28.0. The van der Waals surface area contributed by atoms with Crippen LogP contribution in [0.1, 0.15) is 64.5 Å². The van der Waals surface area contributed by atoms with Crippen LogP contribution in [0.2, 0.25) is 0 Å². The Morgan fingerprint density at radius 1 is 1.03 bits per heavy atom. The summed E-state index contributed by atoms with van der Waals surface area (Å²) in [6.07, 6.45) is 2.41. The third-order valence-electron chi connectivity index (χ3n) is 6.44. The Kier molecular flexibility index (Phi) is 8.57. The van der Waals surface area contributed by atoms with Crippen molar-refractivity contribution in [2.45, 2.75) is 50.9 Å². The summed E-state index contributed by atoms with van der Waals surface area (Å²) in [5.74, 6) is -2.64. The summed E-state index contributed by atoms with van der Waals surface area (Å²) in [4.78, 5) is 48.3. The van der Waals surface area contributed by atoms with Crippen LogP contribution in [0.3, 0.4) is 0 Å². The number of hydrogen-bond acceptors (Lipinski definition) is 7. The van der Waals surface area contributed by atoms with E-state index in [1.54, 1.807) is 18.2 Å². The molecule has 1 aliphatic rings. The van der Waals surface area contributed by atoms with Crippen LogP contribution in [0.5, 0.6) is 0 Å². The van der Waals surface area contributed by atoms with Crippen LogP contribution in [0.4, 0.5) is 13.2 Å². The second-order valence-electron chi connectivity index (χ2n) is 9.12. The Labute approximate surface area is 221 Å². The third kappa shape index (κ3) is 6.98. The molecule has 3 N–H and O–H groups in total. The van der Waals surface area contributed by atoms with E-state index in [1.807, 2.05) is 0 Å². The number of nitrogens with zero attached hydrogens (tertiary/aromatic N) is 3. The lowest BCUT2D eigenvalue weighted by Crippen LogP contribution is -2.50. The van der Waals surface area contributed by atoms with Gasteiger partial charge in [-0.1, -0.05) is 19.3 Å². The summed E-state index contributed by atoms with van der Waals surface area (Å²) in [5, 5.41) is 7.92. The second-order valence-corrected chi connectivity index (χ2v) is 9.12. The third-order valence-corrected chi connectivity index (χ3v) is 6.44. The average Bonchev–Trinajstić information content (AvgIpc) is 3.45. The van der Waals surface area contributed by atoms with E-state index in [0.717, 1.165) is 44.4 Å². The molecule has 3 heterocycles. The highest BCUT2D eigenvalue weighted by Crippen LogP contribution is 2.28. The highest BCUT2D eigenvalue weighted by atomic mass is 19.4. The van der Waals surface area contributed by atoms with Crippen LogP contribution in [-0.4, -0.2) is 45.8 Å². The first-order valence-corrected chi connectivity index (χ1v) is 12.4. The van der Waals surface area contributed by atoms with Gasteiger partial charge in [0, 0.05) is 26.0 Å². The normalized spacial score (nSPS) is 14.9. The predicted octanol–water partition coefficient (Wildman–Crippen LogP) is 3.51. The number of hydrogen-bond donors (Lipinski definition) is 3. The highest BCUT2D eigenvalue weighted by Gasteiger charge is 2.35. The number of amides is 3. The van der Waals surface area contributed by atoms with Crippen LogP contribution in [0.25, 0.3) is 11.5 Å². The minimum absolute atomic E-state index is 0.0134. The second kappa shape index (κ2) is 12.0. The Bertz CT molecular complexity index is 1340. The first kappa shape index (κ1) is 27.7. The van der Waals surface area contributed by atoms with Crippen LogP contribution >= 0.6 is 0 Å². The molecule has 10 nitrogen and oxygen atoms in total. The number of carbonyl (C=O) groups is 3. The van der Waals surface area contributed by atoms with Crippen LogP contribution in [-0.2, 0) is 17.5 Å². The molecule has 0 radical (unpaired) electrons. The SMILES string of the molecule is CNC(=O)C(NC(=O)c1ccc(-c2cc(CNC(=O)c3ccnc(C(F)(F)F)n3)ccn2)o1)C1CCCCC1. The standard InChI is InChI=1S/C26H27F3N6O4/c1-30-24(38)21(16-5-3-2-4-6-16)35-23(37)20-8-7-19(39-20)18-13-15(9-11-31-18)14-33-22(36)17-10-12-32-25(34-17)26(27,28)29/h7-13,16,21H,2-6,14H2,1H3,(H,30,38)(H,33,36)(H,35,37). The van der Waals surface area contributed by atoms with Crippen molar-refractivity contribution in [2.75, 3.05) is 7.05 Å². The molecule has 1 fully saturated rings. The molecule has 1 aliphatic carbocycles. The largest absolute Gasteiger partial charge is 0.451 e. The number of alkyl halides is 3. The Morgan fingerprint density at radius 2 is 1.77 bits per heavy atom. The van der Waals surface area contributed by atoms with E-state index >= 15 is 0 Å². The maximum atomic E-state index is 12.9. The smallest absolute Gasteiger partial charge is 0.449 e. The molecule has 3 aromatic rings. The maximum Gasteiger partial charge on any atom is 0.451 e. The molecular weight excluding hydrogens is 517 g/mol. The van der Waals surface area contributed by atoms with Crippen molar-refractivity contribution in [3.8, 4) is 11.5 Å². The number of nitrogens with one attached hydrogen (secondary N) is 3. The molecule has 1 saturated carbocycles. The summed E-state index contributed by atoms with van der Waals surface area (Å²) in [5.41, 5.74) is 0.534. The van der Waals surface area contributed by atoms with Gasteiger partial charge in [-0.05, 0) is 54.7 Å². The molecule has 0 bridgehead atoms. The van der Waals surface area contributed by atoms with Gasteiger partial charge < -0.3 is 20.4 Å². The quantitative estimate of drug-likeness (QED) is 0.394. The number of pyridine rings is 1. The summed E-state index contributed by atoms with van der Waals surface area (Å²) in [6.45, 7) is -0.0248. The number of halogens is 3. The first-order chi connectivity index (χ1) is 18.7. The summed E-state index contributed by atoms with van der Waals surface area (Å²) in [7, 11) is 1.53. The van der Waals surface area contributed by atoms with Gasteiger partial charge in [0.15, 0.2) is 11.5 Å². The molecule has 0 saturated heterocycles. The average molecular weight is 545 g/mol. The van der Waals surface area contributed by atoms with E-state index in [-0.39, 0.29) is 29.9 Å². The number of aromatic nitrogens is 3. The van der Waals surface area contributed by atoms with Gasteiger partial charge >= 0.3 is 6.18 Å². The van der Waals surface area contributed by atoms with E-state index in [4.69, 9.17) is 4.42 Å². The van der Waals surface area contributed by atoms with Gasteiger partial charge in [0.2, 0.25) is 11.7 Å². The molecule has 1 atom stereocenters. The topological polar surface area (TPSA) is 139 Å². The van der Waals surface area contributed by atoms with Crippen molar-refractivity contribution in [2.24, 2.45) is 5.92 Å². The van der Waals surface area contributed by atoms with E-state index in [1.165, 1.54) is 19.3 Å². The molecule has 0 spiro atoms. The van der Waals surface area contributed by atoms with Crippen molar-refractivity contribution in [3.05, 3.63) is 65.6 Å². The Hall–Kier alpha value is -4.29. The monoisotopic (exact) mass is 544 g/mol. The van der Waals surface area contributed by atoms with Crippen molar-refractivity contribution in [3.63, 3.8) is 0 Å². The highest BCUT2D eigenvalue weighted by molar-refractivity contribution is 5.96. The van der Waals surface area contributed by atoms with Gasteiger partial charge in [-0.3, -0.25) is 19.4 Å². The van der Waals surface area contributed by atoms with Gasteiger partial charge in [0.1, 0.15) is 17.4 Å². The van der Waals surface area contributed by atoms with E-state index in [2.05, 4.69) is 30.9 Å². The minimum Gasteiger partial charge on any atom is -0.449 e. The zero-order valence-electron chi connectivity index (χ0n) is 21.0. The van der Waals surface area contributed by atoms with E-state index < -0.39 is 35.6 Å². The van der Waals surface area contributed by atoms with E-state index in [0.29, 0.717) is 11.3 Å². The van der Waals surface area contributed by atoms with Crippen LogP contribution in [0, 0.1) is 5.92 Å². The van der Waals surface area contributed by atoms with Crippen molar-refractivity contribution in [1.82, 2.24) is 30.9 Å². The molecule has 39 heavy (non-hydrogen) atoms. The van der Waals surface area contributed by atoms with Crippen molar-refractivity contribution >= 4 is 17.7 Å². The number of likely N-dealkylation sites (N-methyl/N-ethyl adjacent to an activating group) is 1. The minimum atomic E-state index is -4.77. The fraction of sp³-hybridized carbons (Fsp3) is 0.385. The fourth-order valence-electron chi connectivity index (χ4n) is 4.44. The van der Waals surface area contributed by atoms with E-state index in [9.17, 15) is 27.6 Å². The predicted molar refractivity (Wildman–Crippen MR) is 132 cm³/mol. The van der Waals surface area contributed by atoms with Crippen LogP contribution < -0.4 is 16.0 Å². The molecule has 1 unspecified atom stereocenters. The lowest BCUT2D eigenvalue weighted by atomic mass is 9.83. The van der Waals surface area contributed by atoms with Gasteiger partial charge in [-0.15, -0.1) is 0 Å². The van der Waals surface area contributed by atoms with Crippen molar-refractivity contribution < 1.29 is 32.0 Å². The van der Waals surface area contributed by atoms with Gasteiger partial charge in [-0.2, -0.15) is 13.2 Å². The number of furan rings is 1. The Balaban J connectivity index is 1.41. The fourth-order valence-corrected chi connectivity index (χ4v) is 4.44. The lowest BCUT2D eigenvalue weighted by molar-refractivity contribution is -0.145. The molecule has 0 aromatic carbocycles. The summed E-state index contributed by atoms with van der Waals surface area (Å²) in [6, 6.07) is 6.69. The van der Waals surface area contributed by atoms with Gasteiger partial charge in [0.05, 0.1) is 0 Å². The van der Waals surface area contributed by atoms with Gasteiger partial charge in [-0.25, -0.2) is 9.97 Å². The lowest BCUT2D eigenvalue weighted by Gasteiger charge is -2.29. The summed E-state index contributed by atoms with van der Waals surface area (Å²) >= 11 is 0. The maximum absolute atomic E-state index is 12.9. The molecule has 13 heteroatoms. The summed E-state index contributed by atoms with van der Waals surface area (Å²) < 4.78 is 44.2. The van der Waals surface area contributed by atoms with Crippen LogP contribution in [0.15, 0.2) is 47.1 Å². The molecule has 0 aliphatic heterocycles. The molecule has 206 valence electrons. The molecule has 3 aromatic heterocycles. The number of carbonyl (C=O) groups excluding carboxylic acids is 3. The molecular formula is C26H27F3N6O4. The zero-order valence-corrected chi connectivity index (χ0v) is 21.0. The van der Waals surface area contributed by atoms with Gasteiger partial charge in [0.25, 0.3) is 11.8 Å². The Morgan fingerprint density at radius 3 is 2.49 bits per heavy atom. The first-order valence-electron chi connectivity index (χ1n) is 12.4. The molecule has 3 amide bonds. The van der Waals surface area contributed by atoms with Crippen molar-refractivity contribution in [1.29, 1.82) is 0 Å².